The van der Waals surface area contributed by atoms with E-state index in [1.807, 2.05) is 42.6 Å². The molecule has 0 bridgehead atoms. The first-order valence-electron chi connectivity index (χ1n) is 11.1. The van der Waals surface area contributed by atoms with E-state index in [-0.39, 0.29) is 24.4 Å². The number of hydrogen-bond donors (Lipinski definition) is 3. The minimum absolute atomic E-state index is 0. The van der Waals surface area contributed by atoms with E-state index in [1.165, 1.54) is 11.5 Å². The van der Waals surface area contributed by atoms with Crippen molar-refractivity contribution in [3.05, 3.63) is 41.3 Å². The number of amides is 1. The van der Waals surface area contributed by atoms with Gasteiger partial charge < -0.3 is 43.4 Å². The molecule has 3 aromatic rings. The number of nitrogens with zero attached hydrogens (tertiary/aromatic N) is 1. The van der Waals surface area contributed by atoms with Gasteiger partial charge >= 0.3 is 0 Å². The number of anilines is 1. The minimum atomic E-state index is -0.368. The highest BCUT2D eigenvalue weighted by atomic mass is 35.5. The number of rotatable bonds is 11. The Bertz CT molecular complexity index is 1140. The van der Waals surface area contributed by atoms with Gasteiger partial charge in [-0.3, -0.25) is 4.79 Å². The first kappa shape index (κ1) is 28.4. The Morgan fingerprint density at radius 1 is 1.09 bits per heavy atom. The van der Waals surface area contributed by atoms with Crippen LogP contribution in [0.1, 0.15) is 24.8 Å². The molecule has 0 saturated heterocycles. The smallest absolute Gasteiger partial charge is 0.282 e. The number of aryl methyl sites for hydroxylation is 1. The Morgan fingerprint density at radius 3 is 2.49 bits per heavy atom. The van der Waals surface area contributed by atoms with Crippen LogP contribution in [0.5, 0.6) is 17.2 Å². The highest BCUT2D eigenvalue weighted by Crippen LogP contribution is 2.41. The molecule has 1 aromatic heterocycles. The number of benzene rings is 2. The Kier molecular flexibility index (Phi) is 10.8. The van der Waals surface area contributed by atoms with Crippen molar-refractivity contribution >= 4 is 23.1 Å². The number of carbonyl (C=O) groups excluding carboxylic acids is 1. The van der Waals surface area contributed by atoms with Crippen LogP contribution in [0, 0.1) is 6.92 Å². The molecule has 8 nitrogen and oxygen atoms in total. The number of quaternary nitrogens is 1. The fraction of sp³-hybridized carbons (Fsp3) is 0.360. The van der Waals surface area contributed by atoms with Gasteiger partial charge in [0.05, 0.1) is 32.7 Å². The lowest BCUT2D eigenvalue weighted by Crippen LogP contribution is -3.00. The lowest BCUT2D eigenvalue weighted by atomic mass is 9.99. The largest absolute Gasteiger partial charge is 1.00 e. The predicted octanol–water partition coefficient (Wildman–Crippen LogP) is 0.493. The zero-order valence-electron chi connectivity index (χ0n) is 20.5. The number of unbranched alkanes of at least 4 members (excludes halogenated alkanes) is 1. The summed E-state index contributed by atoms with van der Waals surface area (Å²) in [6.45, 7) is 2.58. The van der Waals surface area contributed by atoms with Gasteiger partial charge in [-0.25, -0.2) is 0 Å². The maximum absolute atomic E-state index is 12.7. The molecular formula is C25H33ClN4O4S. The van der Waals surface area contributed by atoms with Crippen LogP contribution in [0.15, 0.2) is 35.7 Å². The van der Waals surface area contributed by atoms with Gasteiger partial charge in [0.25, 0.3) is 5.91 Å². The summed E-state index contributed by atoms with van der Waals surface area (Å²) in [6.07, 6.45) is 2.42. The third-order valence-electron chi connectivity index (χ3n) is 5.65. The van der Waals surface area contributed by atoms with Crippen LogP contribution in [0.2, 0.25) is 0 Å². The van der Waals surface area contributed by atoms with Crippen molar-refractivity contribution in [1.29, 1.82) is 0 Å². The molecule has 3 rings (SSSR count). The molecule has 0 spiro atoms. The Balaban J connectivity index is 0.00000432. The summed E-state index contributed by atoms with van der Waals surface area (Å²) in [6, 6.07) is 9.29. The van der Waals surface area contributed by atoms with E-state index in [9.17, 15) is 4.79 Å². The predicted molar refractivity (Wildman–Crippen MR) is 136 cm³/mol. The number of nitrogens with one attached hydrogen (secondary N) is 1. The summed E-state index contributed by atoms with van der Waals surface area (Å²) in [5.74, 6) is 1.78. The zero-order valence-corrected chi connectivity index (χ0v) is 22.1. The molecule has 0 radical (unpaired) electrons. The maximum Gasteiger partial charge on any atom is 0.282 e. The normalized spacial score (nSPS) is 11.4. The second-order valence-corrected chi connectivity index (χ2v) is 8.62. The van der Waals surface area contributed by atoms with Crippen LogP contribution in [0.3, 0.4) is 0 Å². The van der Waals surface area contributed by atoms with Crippen molar-refractivity contribution < 1.29 is 37.1 Å². The SMILES string of the molecule is COc1ccc(-c2csnc2-c2cc(C)c(OC)c(OC)c2)cc1NC(=O)[C@@H]([NH3+])CCCCN.[Cl-]. The van der Waals surface area contributed by atoms with Crippen LogP contribution in [-0.2, 0) is 4.79 Å². The molecule has 10 heteroatoms. The van der Waals surface area contributed by atoms with Crippen molar-refractivity contribution in [1.82, 2.24) is 4.37 Å². The van der Waals surface area contributed by atoms with Gasteiger partial charge in [0.2, 0.25) is 0 Å². The third-order valence-corrected chi connectivity index (χ3v) is 6.28. The van der Waals surface area contributed by atoms with E-state index in [4.69, 9.17) is 19.9 Å². The van der Waals surface area contributed by atoms with Crippen molar-refractivity contribution in [2.45, 2.75) is 32.2 Å². The number of methoxy groups -OCH3 is 3. The summed E-state index contributed by atoms with van der Waals surface area (Å²) in [5.41, 5.74) is 14.7. The van der Waals surface area contributed by atoms with Gasteiger partial charge in [0.15, 0.2) is 17.5 Å². The molecule has 6 N–H and O–H groups in total. The molecule has 0 aliphatic heterocycles. The maximum atomic E-state index is 12.7. The average Bonchev–Trinajstić information content (AvgIpc) is 3.33. The molecule has 2 aromatic carbocycles. The highest BCUT2D eigenvalue weighted by molar-refractivity contribution is 7.04. The molecule has 0 aliphatic rings. The van der Waals surface area contributed by atoms with Gasteiger partial charge in [-0.2, -0.15) is 4.37 Å². The quantitative estimate of drug-likeness (QED) is 0.316. The Labute approximate surface area is 216 Å². The minimum Gasteiger partial charge on any atom is -1.00 e. The molecule has 35 heavy (non-hydrogen) atoms. The van der Waals surface area contributed by atoms with Crippen molar-refractivity contribution in [2.75, 3.05) is 33.2 Å². The van der Waals surface area contributed by atoms with Crippen LogP contribution < -0.4 is 43.4 Å². The van der Waals surface area contributed by atoms with E-state index in [2.05, 4.69) is 15.4 Å². The molecule has 1 atom stereocenters. The Hall–Kier alpha value is -2.85. The van der Waals surface area contributed by atoms with Crippen LogP contribution in [-0.4, -0.2) is 44.2 Å². The molecule has 1 heterocycles. The monoisotopic (exact) mass is 520 g/mol. The standard InChI is InChI=1S/C25H32N4O4S.ClH/c1-15-11-17(13-22(32-3)24(15)33-4)23-18(14-34-29-23)16-8-9-21(31-2)20(12-16)28-25(30)19(27)7-5-6-10-26;/h8-9,11-14,19H,5-7,10,26-27H2,1-4H3,(H,28,30);1H/t19-;/m0./s1. The zero-order chi connectivity index (χ0) is 24.7. The molecular weight excluding hydrogens is 488 g/mol. The molecule has 1 amide bonds. The van der Waals surface area contributed by atoms with E-state index in [0.717, 1.165) is 40.8 Å². The fourth-order valence-electron chi connectivity index (χ4n) is 3.82. The number of carbonyl (C=O) groups is 1. The summed E-state index contributed by atoms with van der Waals surface area (Å²) in [4.78, 5) is 12.7. The van der Waals surface area contributed by atoms with Gasteiger partial charge in [-0.05, 0) is 73.2 Å². The third kappa shape index (κ3) is 6.64. The second-order valence-electron chi connectivity index (χ2n) is 7.99. The number of ether oxygens (including phenoxy) is 3. The number of hydrogen-bond acceptors (Lipinski definition) is 7. The van der Waals surface area contributed by atoms with Gasteiger partial charge in [0, 0.05) is 22.9 Å². The van der Waals surface area contributed by atoms with Gasteiger partial charge in [0.1, 0.15) is 5.75 Å². The number of aromatic nitrogens is 1. The topological polar surface area (TPSA) is 123 Å². The van der Waals surface area contributed by atoms with E-state index in [0.29, 0.717) is 35.9 Å². The second kappa shape index (κ2) is 13.3. The van der Waals surface area contributed by atoms with Crippen molar-refractivity contribution in [3.8, 4) is 39.6 Å². The van der Waals surface area contributed by atoms with Crippen molar-refractivity contribution in [3.63, 3.8) is 0 Å². The summed E-state index contributed by atoms with van der Waals surface area (Å²) in [5, 5.41) is 4.97. The molecule has 0 fully saturated rings. The highest BCUT2D eigenvalue weighted by Gasteiger charge is 2.20. The van der Waals surface area contributed by atoms with E-state index >= 15 is 0 Å². The first-order chi connectivity index (χ1) is 16.4. The molecule has 0 unspecified atom stereocenters. The first-order valence-corrected chi connectivity index (χ1v) is 12.0. The van der Waals surface area contributed by atoms with Crippen molar-refractivity contribution in [2.24, 2.45) is 5.73 Å². The fourth-order valence-corrected chi connectivity index (χ4v) is 4.53. The Morgan fingerprint density at radius 2 is 1.83 bits per heavy atom. The number of halogens is 1. The molecule has 0 aliphatic carbocycles. The van der Waals surface area contributed by atoms with Crippen LogP contribution in [0.25, 0.3) is 22.4 Å². The van der Waals surface area contributed by atoms with E-state index < -0.39 is 0 Å². The van der Waals surface area contributed by atoms with Gasteiger partial charge in [-0.1, -0.05) is 6.07 Å². The van der Waals surface area contributed by atoms with E-state index in [1.54, 1.807) is 21.3 Å². The summed E-state index contributed by atoms with van der Waals surface area (Å²) < 4.78 is 21.1. The lowest BCUT2D eigenvalue weighted by molar-refractivity contribution is -0.404. The average molecular weight is 521 g/mol. The number of nitrogens with two attached hydrogens (primary N) is 1. The summed E-state index contributed by atoms with van der Waals surface area (Å²) >= 11 is 1.37. The summed E-state index contributed by atoms with van der Waals surface area (Å²) in [7, 11) is 4.82. The van der Waals surface area contributed by atoms with Gasteiger partial charge in [-0.15, -0.1) is 0 Å². The molecule has 0 saturated carbocycles. The molecule has 190 valence electrons. The van der Waals surface area contributed by atoms with Crippen LogP contribution in [0.4, 0.5) is 5.69 Å². The lowest BCUT2D eigenvalue weighted by Gasteiger charge is -2.15. The van der Waals surface area contributed by atoms with Crippen LogP contribution >= 0.6 is 11.5 Å².